The maximum absolute atomic E-state index is 13.0. The van der Waals surface area contributed by atoms with Gasteiger partial charge in [0.1, 0.15) is 16.6 Å². The Balaban J connectivity index is 1.62. The molecule has 0 saturated heterocycles. The Morgan fingerprint density at radius 1 is 1.17 bits per heavy atom. The van der Waals surface area contributed by atoms with Crippen LogP contribution in [-0.2, 0) is 22.6 Å². The highest BCUT2D eigenvalue weighted by molar-refractivity contribution is 8.00. The van der Waals surface area contributed by atoms with Crippen LogP contribution >= 0.6 is 23.1 Å². The van der Waals surface area contributed by atoms with Gasteiger partial charge in [0.2, 0.25) is 16.9 Å². The van der Waals surface area contributed by atoms with Crippen LogP contribution in [0.4, 0.5) is 15.2 Å². The van der Waals surface area contributed by atoms with Gasteiger partial charge >= 0.3 is 0 Å². The normalized spacial score (nSPS) is 11.9. The van der Waals surface area contributed by atoms with Crippen molar-refractivity contribution in [2.45, 2.75) is 44.1 Å². The summed E-state index contributed by atoms with van der Waals surface area (Å²) in [6.07, 6.45) is 0.00339. The molecule has 158 valence electrons. The molecule has 9 nitrogen and oxygen atoms in total. The number of aromatic nitrogens is 5. The van der Waals surface area contributed by atoms with Crippen LogP contribution in [0.2, 0.25) is 0 Å². The lowest BCUT2D eigenvalue weighted by Gasteiger charge is -2.11. The summed E-state index contributed by atoms with van der Waals surface area (Å²) in [6.45, 7) is 6.01. The van der Waals surface area contributed by atoms with Crippen molar-refractivity contribution in [1.29, 1.82) is 0 Å². The van der Waals surface area contributed by atoms with Crippen LogP contribution in [0.1, 0.15) is 24.7 Å². The van der Waals surface area contributed by atoms with Gasteiger partial charge in [0, 0.05) is 12.2 Å². The zero-order valence-electron chi connectivity index (χ0n) is 16.5. The Morgan fingerprint density at radius 3 is 2.53 bits per heavy atom. The van der Waals surface area contributed by atoms with E-state index in [9.17, 15) is 14.0 Å². The van der Waals surface area contributed by atoms with Crippen molar-refractivity contribution in [3.05, 3.63) is 40.9 Å². The molecule has 30 heavy (non-hydrogen) atoms. The second kappa shape index (κ2) is 9.76. The van der Waals surface area contributed by atoms with Gasteiger partial charge in [0.25, 0.3) is 0 Å². The molecule has 2 N–H and O–H groups in total. The predicted molar refractivity (Wildman–Crippen MR) is 113 cm³/mol. The SMILES string of the molecule is CCn1c(CC(=O)Nc2ccc(F)cc2)nnc1S[C@H](C)C(=O)Nc1nnc(C)s1. The van der Waals surface area contributed by atoms with E-state index < -0.39 is 5.25 Å². The maximum atomic E-state index is 13.0. The second-order valence-corrected chi connectivity index (χ2v) is 8.74. The quantitative estimate of drug-likeness (QED) is 0.508. The first-order chi connectivity index (χ1) is 14.4. The predicted octanol–water partition coefficient (Wildman–Crippen LogP) is 2.90. The second-order valence-electron chi connectivity index (χ2n) is 6.25. The van der Waals surface area contributed by atoms with Crippen LogP contribution in [0.15, 0.2) is 29.4 Å². The number of thioether (sulfide) groups is 1. The van der Waals surface area contributed by atoms with Gasteiger partial charge in [0.15, 0.2) is 5.16 Å². The molecule has 3 rings (SSSR count). The van der Waals surface area contributed by atoms with Crippen molar-refractivity contribution in [3.8, 4) is 0 Å². The summed E-state index contributed by atoms with van der Waals surface area (Å²) in [6, 6.07) is 5.51. The fraction of sp³-hybridized carbons (Fsp3) is 0.333. The summed E-state index contributed by atoms with van der Waals surface area (Å²) in [5, 5.41) is 22.7. The highest BCUT2D eigenvalue weighted by atomic mass is 32.2. The Kier molecular flexibility index (Phi) is 7.11. The van der Waals surface area contributed by atoms with Crippen LogP contribution < -0.4 is 10.6 Å². The van der Waals surface area contributed by atoms with Gasteiger partial charge in [-0.2, -0.15) is 0 Å². The first kappa shape index (κ1) is 21.8. The van der Waals surface area contributed by atoms with Gasteiger partial charge in [-0.05, 0) is 45.0 Å². The van der Waals surface area contributed by atoms with Gasteiger partial charge in [-0.15, -0.1) is 20.4 Å². The number of rotatable bonds is 8. The Morgan fingerprint density at radius 2 is 1.90 bits per heavy atom. The zero-order valence-corrected chi connectivity index (χ0v) is 18.2. The number of aryl methyl sites for hydroxylation is 1. The number of amides is 2. The van der Waals surface area contributed by atoms with Gasteiger partial charge < -0.3 is 9.88 Å². The number of carbonyl (C=O) groups is 2. The number of benzene rings is 1. The maximum Gasteiger partial charge on any atom is 0.239 e. The standard InChI is InChI=1S/C18H20FN7O2S2/c1-4-26-14(9-15(27)20-13-7-5-12(19)6-8-13)23-25-18(26)29-10(2)16(28)21-17-24-22-11(3)30-17/h5-8,10H,4,9H2,1-3H3,(H,20,27)(H,21,24,28)/t10-/m1/s1. The van der Waals surface area contributed by atoms with Crippen LogP contribution in [0, 0.1) is 12.7 Å². The van der Waals surface area contributed by atoms with Crippen LogP contribution in [0.25, 0.3) is 0 Å². The highest BCUT2D eigenvalue weighted by Gasteiger charge is 2.21. The van der Waals surface area contributed by atoms with Crippen molar-refractivity contribution in [3.63, 3.8) is 0 Å². The molecule has 2 aromatic heterocycles. The lowest BCUT2D eigenvalue weighted by molar-refractivity contribution is -0.116. The lowest BCUT2D eigenvalue weighted by atomic mass is 10.3. The highest BCUT2D eigenvalue weighted by Crippen LogP contribution is 2.24. The monoisotopic (exact) mass is 449 g/mol. The van der Waals surface area contributed by atoms with Gasteiger partial charge in [-0.3, -0.25) is 14.9 Å². The minimum absolute atomic E-state index is 0.00339. The van der Waals surface area contributed by atoms with Crippen LogP contribution in [0.5, 0.6) is 0 Å². The van der Waals surface area contributed by atoms with Gasteiger partial charge in [-0.25, -0.2) is 4.39 Å². The molecule has 0 fully saturated rings. The van der Waals surface area contributed by atoms with Crippen molar-refractivity contribution < 1.29 is 14.0 Å². The van der Waals surface area contributed by atoms with E-state index in [1.54, 1.807) is 11.5 Å². The number of carbonyl (C=O) groups excluding carboxylic acids is 2. The molecule has 0 aliphatic carbocycles. The average molecular weight is 450 g/mol. The van der Waals surface area contributed by atoms with E-state index in [2.05, 4.69) is 31.0 Å². The fourth-order valence-electron chi connectivity index (χ4n) is 2.50. The van der Waals surface area contributed by atoms with Crippen molar-refractivity contribution >= 4 is 45.7 Å². The summed E-state index contributed by atoms with van der Waals surface area (Å²) in [5.74, 6) is -0.415. The average Bonchev–Trinajstić information content (AvgIpc) is 3.28. The molecule has 0 radical (unpaired) electrons. The molecule has 0 aliphatic heterocycles. The van der Waals surface area contributed by atoms with Gasteiger partial charge in [-0.1, -0.05) is 23.1 Å². The summed E-state index contributed by atoms with van der Waals surface area (Å²) < 4.78 is 14.8. The Labute approximate surface area is 180 Å². The third-order valence-corrected chi connectivity index (χ3v) is 5.80. The topological polar surface area (TPSA) is 115 Å². The van der Waals surface area contributed by atoms with Crippen molar-refractivity contribution in [2.24, 2.45) is 0 Å². The number of hydrogen-bond donors (Lipinski definition) is 2. The zero-order chi connectivity index (χ0) is 21.7. The van der Waals surface area contributed by atoms with Crippen LogP contribution in [0.3, 0.4) is 0 Å². The summed E-state index contributed by atoms with van der Waals surface area (Å²) >= 11 is 2.54. The number of nitrogens with zero attached hydrogens (tertiary/aromatic N) is 5. The van der Waals surface area contributed by atoms with E-state index >= 15 is 0 Å². The van der Waals surface area contributed by atoms with E-state index in [0.29, 0.717) is 28.3 Å². The Bertz CT molecular complexity index is 1040. The molecule has 2 heterocycles. The molecule has 1 atom stereocenters. The smallest absolute Gasteiger partial charge is 0.239 e. The third kappa shape index (κ3) is 5.60. The van der Waals surface area contributed by atoms with Crippen LogP contribution in [-0.4, -0.2) is 42.0 Å². The first-order valence-corrected chi connectivity index (χ1v) is 10.8. The molecule has 12 heteroatoms. The summed E-state index contributed by atoms with van der Waals surface area (Å²) in [4.78, 5) is 24.7. The summed E-state index contributed by atoms with van der Waals surface area (Å²) in [7, 11) is 0. The molecule has 0 unspecified atom stereocenters. The lowest BCUT2D eigenvalue weighted by Crippen LogP contribution is -2.23. The number of hydrogen-bond acceptors (Lipinski definition) is 8. The molecule has 0 spiro atoms. The first-order valence-electron chi connectivity index (χ1n) is 9.10. The van der Waals surface area contributed by atoms with E-state index in [1.165, 1.54) is 47.4 Å². The van der Waals surface area contributed by atoms with E-state index in [4.69, 9.17) is 0 Å². The molecule has 0 aliphatic rings. The largest absolute Gasteiger partial charge is 0.326 e. The third-order valence-electron chi connectivity index (χ3n) is 3.96. The van der Waals surface area contributed by atoms with Crippen molar-refractivity contribution in [2.75, 3.05) is 10.6 Å². The van der Waals surface area contributed by atoms with E-state index in [-0.39, 0.29) is 24.1 Å². The molecule has 3 aromatic rings. The Hall–Kier alpha value is -2.86. The molecular formula is C18H20FN7O2S2. The molecular weight excluding hydrogens is 429 g/mol. The minimum atomic E-state index is -0.454. The van der Waals surface area contributed by atoms with Gasteiger partial charge in [0.05, 0.1) is 11.7 Å². The fourth-order valence-corrected chi connectivity index (χ4v) is 4.03. The van der Waals surface area contributed by atoms with E-state index in [0.717, 1.165) is 5.01 Å². The van der Waals surface area contributed by atoms with Crippen molar-refractivity contribution in [1.82, 2.24) is 25.0 Å². The number of nitrogens with one attached hydrogen (secondary N) is 2. The number of halogens is 1. The summed E-state index contributed by atoms with van der Waals surface area (Å²) in [5.41, 5.74) is 0.496. The molecule has 0 bridgehead atoms. The minimum Gasteiger partial charge on any atom is -0.326 e. The molecule has 0 saturated carbocycles. The van der Waals surface area contributed by atoms with E-state index in [1.807, 2.05) is 13.8 Å². The molecule has 2 amide bonds. The number of anilines is 2. The molecule has 1 aromatic carbocycles.